The van der Waals surface area contributed by atoms with Gasteiger partial charge in [0.05, 0.1) is 6.42 Å². The van der Waals surface area contributed by atoms with Crippen LogP contribution >= 0.6 is 0 Å². The number of nitrogens with zero attached hydrogens (tertiary/aromatic N) is 1. The van der Waals surface area contributed by atoms with Gasteiger partial charge in [0.1, 0.15) is 0 Å². The Labute approximate surface area is 115 Å². The van der Waals surface area contributed by atoms with E-state index in [1.165, 1.54) is 36.8 Å². The van der Waals surface area contributed by atoms with Crippen molar-refractivity contribution in [3.05, 3.63) is 35.4 Å². The first-order valence-corrected chi connectivity index (χ1v) is 7.16. The first kappa shape index (κ1) is 14.1. The molecule has 0 amide bonds. The van der Waals surface area contributed by atoms with Crippen molar-refractivity contribution in [3.8, 4) is 0 Å². The van der Waals surface area contributed by atoms with Gasteiger partial charge >= 0.3 is 5.97 Å². The molecule has 0 unspecified atom stereocenters. The topological polar surface area (TPSA) is 40.5 Å². The third-order valence-corrected chi connectivity index (χ3v) is 3.96. The average Bonchev–Trinajstić information content (AvgIpc) is 2.90. The molecular weight excluding hydrogens is 238 g/mol. The molecule has 0 saturated heterocycles. The molecule has 3 heteroatoms. The molecule has 2 rings (SSSR count). The van der Waals surface area contributed by atoms with Gasteiger partial charge in [-0.3, -0.25) is 9.69 Å². The normalized spacial score (nSPS) is 16.1. The van der Waals surface area contributed by atoms with Gasteiger partial charge in [0.15, 0.2) is 0 Å². The molecular formula is C16H23NO2. The van der Waals surface area contributed by atoms with Crippen LogP contribution in [0.1, 0.15) is 43.2 Å². The minimum absolute atomic E-state index is 0.238. The molecule has 0 spiro atoms. The van der Waals surface area contributed by atoms with E-state index < -0.39 is 5.97 Å². The van der Waals surface area contributed by atoms with Gasteiger partial charge in [0, 0.05) is 19.1 Å². The Morgan fingerprint density at radius 1 is 1.26 bits per heavy atom. The largest absolute Gasteiger partial charge is 0.481 e. The molecule has 1 saturated carbocycles. The summed E-state index contributed by atoms with van der Waals surface area (Å²) < 4.78 is 0. The van der Waals surface area contributed by atoms with Crippen LogP contribution < -0.4 is 0 Å². The van der Waals surface area contributed by atoms with E-state index in [1.54, 1.807) is 0 Å². The van der Waals surface area contributed by atoms with Crippen molar-refractivity contribution in [2.75, 3.05) is 6.54 Å². The molecule has 3 nitrogen and oxygen atoms in total. The molecule has 0 radical (unpaired) electrons. The van der Waals surface area contributed by atoms with Crippen LogP contribution in [0.2, 0.25) is 0 Å². The highest BCUT2D eigenvalue weighted by Crippen LogP contribution is 2.25. The molecule has 1 aromatic carbocycles. The van der Waals surface area contributed by atoms with Crippen molar-refractivity contribution in [2.45, 2.75) is 51.6 Å². The third-order valence-electron chi connectivity index (χ3n) is 3.96. The zero-order chi connectivity index (χ0) is 13.7. The molecule has 1 aliphatic carbocycles. The number of hydrogen-bond donors (Lipinski definition) is 1. The van der Waals surface area contributed by atoms with E-state index in [4.69, 9.17) is 5.11 Å². The molecule has 1 fully saturated rings. The highest BCUT2D eigenvalue weighted by atomic mass is 16.4. The second-order valence-electron chi connectivity index (χ2n) is 5.54. The van der Waals surface area contributed by atoms with E-state index >= 15 is 0 Å². The summed E-state index contributed by atoms with van der Waals surface area (Å²) in [6.45, 7) is 3.62. The third kappa shape index (κ3) is 4.35. The highest BCUT2D eigenvalue weighted by molar-refractivity contribution is 5.66. The van der Waals surface area contributed by atoms with Crippen molar-refractivity contribution in [3.63, 3.8) is 0 Å². The number of carboxylic acid groups (broad SMARTS) is 1. The van der Waals surface area contributed by atoms with Gasteiger partial charge in [-0.2, -0.15) is 0 Å². The van der Waals surface area contributed by atoms with Crippen LogP contribution in [0.15, 0.2) is 24.3 Å². The SMILES string of the molecule is Cc1ccc(CN(CCC(=O)O)C2CCCC2)cc1. The van der Waals surface area contributed by atoms with Crippen molar-refractivity contribution in [1.82, 2.24) is 4.90 Å². The van der Waals surface area contributed by atoms with Crippen molar-refractivity contribution in [2.24, 2.45) is 0 Å². The molecule has 0 heterocycles. The first-order chi connectivity index (χ1) is 9.15. The number of hydrogen-bond acceptors (Lipinski definition) is 2. The smallest absolute Gasteiger partial charge is 0.304 e. The Balaban J connectivity index is 1.99. The zero-order valence-electron chi connectivity index (χ0n) is 11.6. The quantitative estimate of drug-likeness (QED) is 0.854. The first-order valence-electron chi connectivity index (χ1n) is 7.16. The minimum Gasteiger partial charge on any atom is -0.481 e. The molecule has 0 bridgehead atoms. The Hall–Kier alpha value is -1.35. The molecule has 1 aliphatic rings. The molecule has 104 valence electrons. The number of carbonyl (C=O) groups is 1. The Kier molecular flexibility index (Phi) is 4.97. The summed E-state index contributed by atoms with van der Waals surface area (Å²) in [4.78, 5) is 13.1. The van der Waals surface area contributed by atoms with E-state index in [9.17, 15) is 4.79 Å². The van der Waals surface area contributed by atoms with E-state index in [-0.39, 0.29) is 6.42 Å². The van der Waals surface area contributed by atoms with Crippen LogP contribution in [0.5, 0.6) is 0 Å². The van der Waals surface area contributed by atoms with Gasteiger partial charge in [-0.25, -0.2) is 0 Å². The second-order valence-corrected chi connectivity index (χ2v) is 5.54. The van der Waals surface area contributed by atoms with Crippen molar-refractivity contribution in [1.29, 1.82) is 0 Å². The lowest BCUT2D eigenvalue weighted by Gasteiger charge is -2.28. The van der Waals surface area contributed by atoms with Gasteiger partial charge < -0.3 is 5.11 Å². The summed E-state index contributed by atoms with van der Waals surface area (Å²) in [7, 11) is 0. The van der Waals surface area contributed by atoms with E-state index in [0.29, 0.717) is 12.6 Å². The predicted molar refractivity (Wildman–Crippen MR) is 76.1 cm³/mol. The number of aliphatic carboxylic acids is 1. The summed E-state index contributed by atoms with van der Waals surface area (Å²) in [5, 5.41) is 8.88. The lowest BCUT2D eigenvalue weighted by Crippen LogP contribution is -2.34. The average molecular weight is 261 g/mol. The molecule has 0 aliphatic heterocycles. The summed E-state index contributed by atoms with van der Waals surface area (Å²) in [6.07, 6.45) is 5.23. The lowest BCUT2D eigenvalue weighted by molar-refractivity contribution is -0.137. The van der Waals surface area contributed by atoms with Crippen LogP contribution in [-0.2, 0) is 11.3 Å². The predicted octanol–water partition coefficient (Wildman–Crippen LogP) is 3.21. The molecule has 1 aromatic rings. The zero-order valence-corrected chi connectivity index (χ0v) is 11.6. The standard InChI is InChI=1S/C16H23NO2/c1-13-6-8-14(9-7-13)12-17(11-10-16(18)19)15-4-2-3-5-15/h6-9,15H,2-5,10-12H2,1H3,(H,18,19). The fourth-order valence-corrected chi connectivity index (χ4v) is 2.83. The molecule has 0 aromatic heterocycles. The van der Waals surface area contributed by atoms with Gasteiger partial charge in [0.25, 0.3) is 0 Å². The van der Waals surface area contributed by atoms with E-state index in [0.717, 1.165) is 6.54 Å². The maximum atomic E-state index is 10.8. The Bertz CT molecular complexity index is 407. The maximum absolute atomic E-state index is 10.8. The Morgan fingerprint density at radius 3 is 2.47 bits per heavy atom. The van der Waals surface area contributed by atoms with E-state index in [1.807, 2.05) is 0 Å². The molecule has 0 atom stereocenters. The van der Waals surface area contributed by atoms with E-state index in [2.05, 4.69) is 36.1 Å². The van der Waals surface area contributed by atoms with Gasteiger partial charge in [-0.15, -0.1) is 0 Å². The summed E-state index contributed by atoms with van der Waals surface area (Å²) in [6, 6.07) is 9.12. The van der Waals surface area contributed by atoms with Crippen LogP contribution in [0.3, 0.4) is 0 Å². The Morgan fingerprint density at radius 2 is 1.89 bits per heavy atom. The fourth-order valence-electron chi connectivity index (χ4n) is 2.83. The van der Waals surface area contributed by atoms with Crippen LogP contribution in [0, 0.1) is 6.92 Å². The van der Waals surface area contributed by atoms with Gasteiger partial charge in [-0.05, 0) is 25.3 Å². The van der Waals surface area contributed by atoms with Gasteiger partial charge in [-0.1, -0.05) is 42.7 Å². The molecule has 19 heavy (non-hydrogen) atoms. The summed E-state index contributed by atoms with van der Waals surface area (Å²) in [5.74, 6) is -0.702. The van der Waals surface area contributed by atoms with Crippen LogP contribution in [-0.4, -0.2) is 28.6 Å². The van der Waals surface area contributed by atoms with Crippen molar-refractivity contribution < 1.29 is 9.90 Å². The number of rotatable bonds is 6. The van der Waals surface area contributed by atoms with Crippen LogP contribution in [0.4, 0.5) is 0 Å². The highest BCUT2D eigenvalue weighted by Gasteiger charge is 2.22. The number of benzene rings is 1. The summed E-state index contributed by atoms with van der Waals surface area (Å²) in [5.41, 5.74) is 2.55. The van der Waals surface area contributed by atoms with Crippen molar-refractivity contribution >= 4 is 5.97 Å². The van der Waals surface area contributed by atoms with Gasteiger partial charge in [0.2, 0.25) is 0 Å². The second kappa shape index (κ2) is 6.71. The maximum Gasteiger partial charge on any atom is 0.304 e. The minimum atomic E-state index is -0.702. The van der Waals surface area contributed by atoms with Crippen LogP contribution in [0.25, 0.3) is 0 Å². The monoisotopic (exact) mass is 261 g/mol. The number of aryl methyl sites for hydroxylation is 1. The number of carboxylic acids is 1. The fraction of sp³-hybridized carbons (Fsp3) is 0.562. The molecule has 1 N–H and O–H groups in total. The lowest BCUT2D eigenvalue weighted by atomic mass is 10.1. The summed E-state index contributed by atoms with van der Waals surface area (Å²) >= 11 is 0.